The number of hydrogen-bond acceptors (Lipinski definition) is 6. The maximum Gasteiger partial charge on any atom is 0.225 e. The van der Waals surface area contributed by atoms with Crippen molar-refractivity contribution in [2.45, 2.75) is 32.2 Å². The van der Waals surface area contributed by atoms with Crippen molar-refractivity contribution in [2.75, 3.05) is 24.6 Å². The van der Waals surface area contributed by atoms with Crippen LogP contribution in [-0.2, 0) is 6.54 Å². The van der Waals surface area contributed by atoms with Gasteiger partial charge in [0.15, 0.2) is 0 Å². The molecule has 1 aliphatic rings. The third-order valence-electron chi connectivity index (χ3n) is 6.88. The number of piperidine rings is 1. The van der Waals surface area contributed by atoms with Gasteiger partial charge in [-0.05, 0) is 61.0 Å². The highest BCUT2D eigenvalue weighted by molar-refractivity contribution is 7.22. The topological polar surface area (TPSA) is 67.1 Å². The lowest BCUT2D eigenvalue weighted by Gasteiger charge is -2.33. The molecule has 1 aliphatic heterocycles. The summed E-state index contributed by atoms with van der Waals surface area (Å²) in [5, 5.41) is 12.1. The number of thiophene rings is 1. The van der Waals surface area contributed by atoms with Crippen molar-refractivity contribution in [1.82, 2.24) is 19.5 Å². The Hall–Kier alpha value is -3.29. The van der Waals surface area contributed by atoms with Crippen molar-refractivity contribution in [3.63, 3.8) is 0 Å². The molecule has 1 saturated heterocycles. The quantitative estimate of drug-likeness (QED) is 0.374. The number of pyridine rings is 1. The van der Waals surface area contributed by atoms with Gasteiger partial charge in [-0.25, -0.2) is 15.0 Å². The van der Waals surface area contributed by atoms with E-state index in [0.29, 0.717) is 12.5 Å². The van der Waals surface area contributed by atoms with Crippen LogP contribution in [0, 0.1) is 6.92 Å². The van der Waals surface area contributed by atoms with Crippen LogP contribution in [0.3, 0.4) is 0 Å². The maximum atomic E-state index is 9.61. The van der Waals surface area contributed by atoms with Gasteiger partial charge in [0.25, 0.3) is 0 Å². The first-order valence-electron chi connectivity index (χ1n) is 11.8. The molecule has 0 aliphatic carbocycles. The van der Waals surface area contributed by atoms with E-state index in [1.807, 2.05) is 24.5 Å². The minimum Gasteiger partial charge on any atom is -0.395 e. The number of hydrogen-bond donors (Lipinski definition) is 1. The SMILES string of the molecule is Cc1c(C2CCCN(c3nccc(-c4cc5ccccc5s4)n3)C2)c2cccnc2n1CCO. The Bertz CT molecular complexity index is 1440. The summed E-state index contributed by atoms with van der Waals surface area (Å²) in [6, 6.07) is 16.9. The summed E-state index contributed by atoms with van der Waals surface area (Å²) >= 11 is 1.77. The van der Waals surface area contributed by atoms with Gasteiger partial charge < -0.3 is 14.6 Å². The van der Waals surface area contributed by atoms with E-state index >= 15 is 0 Å². The minimum atomic E-state index is 0.107. The summed E-state index contributed by atoms with van der Waals surface area (Å²) in [7, 11) is 0. The van der Waals surface area contributed by atoms with E-state index < -0.39 is 0 Å². The summed E-state index contributed by atoms with van der Waals surface area (Å²) in [6.45, 7) is 4.67. The van der Waals surface area contributed by atoms with Crippen molar-refractivity contribution < 1.29 is 5.11 Å². The third-order valence-corrected chi connectivity index (χ3v) is 8.02. The number of benzene rings is 1. The van der Waals surface area contributed by atoms with E-state index in [1.165, 1.54) is 31.6 Å². The molecule has 6 rings (SSSR count). The minimum absolute atomic E-state index is 0.107. The molecule has 4 aromatic heterocycles. The second-order valence-electron chi connectivity index (χ2n) is 8.92. The Balaban J connectivity index is 1.33. The van der Waals surface area contributed by atoms with Crippen molar-refractivity contribution in [3.05, 3.63) is 72.2 Å². The summed E-state index contributed by atoms with van der Waals surface area (Å²) in [5.74, 6) is 1.17. The van der Waals surface area contributed by atoms with Crippen LogP contribution in [0.25, 0.3) is 31.7 Å². The zero-order chi connectivity index (χ0) is 23.1. The smallest absolute Gasteiger partial charge is 0.225 e. The number of aliphatic hydroxyl groups is 1. The molecule has 0 bridgehead atoms. The van der Waals surface area contributed by atoms with E-state index in [0.717, 1.165) is 43.2 Å². The molecule has 0 radical (unpaired) electrons. The summed E-state index contributed by atoms with van der Waals surface area (Å²) in [6.07, 6.45) is 5.93. The first-order chi connectivity index (χ1) is 16.7. The lowest BCUT2D eigenvalue weighted by molar-refractivity contribution is 0.276. The fraction of sp³-hybridized carbons (Fsp3) is 0.296. The van der Waals surface area contributed by atoms with Gasteiger partial charge >= 0.3 is 0 Å². The lowest BCUT2D eigenvalue weighted by atomic mass is 9.89. The summed E-state index contributed by atoms with van der Waals surface area (Å²) < 4.78 is 3.43. The van der Waals surface area contributed by atoms with Gasteiger partial charge in [0, 0.05) is 53.7 Å². The maximum absolute atomic E-state index is 9.61. The number of nitrogens with zero attached hydrogens (tertiary/aromatic N) is 5. The standard InChI is InChI=1S/C27H27N5OS/c1-18-25(21-8-4-11-28-26(21)32(18)14-15-33)20-7-5-13-31(17-20)27-29-12-10-22(30-27)24-16-19-6-2-3-9-23(19)34-24/h2-4,6,8-12,16,20,33H,5,7,13-15,17H2,1H3. The average molecular weight is 470 g/mol. The Morgan fingerprint density at radius 2 is 2.00 bits per heavy atom. The molecule has 172 valence electrons. The number of anilines is 1. The van der Waals surface area contributed by atoms with E-state index in [9.17, 15) is 5.11 Å². The highest BCUT2D eigenvalue weighted by Crippen LogP contribution is 2.37. The Labute approximate surface area is 202 Å². The molecular formula is C27H27N5OS. The molecular weight excluding hydrogens is 442 g/mol. The largest absolute Gasteiger partial charge is 0.395 e. The molecule has 7 heteroatoms. The van der Waals surface area contributed by atoms with E-state index in [1.54, 1.807) is 11.3 Å². The highest BCUT2D eigenvalue weighted by atomic mass is 32.1. The fourth-order valence-electron chi connectivity index (χ4n) is 5.35. The summed E-state index contributed by atoms with van der Waals surface area (Å²) in [4.78, 5) is 17.8. The number of aromatic nitrogens is 4. The van der Waals surface area contributed by atoms with Gasteiger partial charge in [-0.3, -0.25) is 0 Å². The molecule has 1 fully saturated rings. The second kappa shape index (κ2) is 8.81. The molecule has 5 heterocycles. The number of aliphatic hydroxyl groups excluding tert-OH is 1. The van der Waals surface area contributed by atoms with Crippen LogP contribution in [0.4, 0.5) is 5.95 Å². The van der Waals surface area contributed by atoms with Crippen LogP contribution < -0.4 is 4.90 Å². The van der Waals surface area contributed by atoms with Crippen LogP contribution >= 0.6 is 11.3 Å². The van der Waals surface area contributed by atoms with Gasteiger partial charge in [-0.1, -0.05) is 18.2 Å². The molecule has 1 unspecified atom stereocenters. The fourth-order valence-corrected chi connectivity index (χ4v) is 6.38. The van der Waals surface area contributed by atoms with Crippen LogP contribution in [0.2, 0.25) is 0 Å². The molecule has 0 spiro atoms. The average Bonchev–Trinajstić information content (AvgIpc) is 3.44. The normalized spacial score (nSPS) is 16.5. The molecule has 6 nitrogen and oxygen atoms in total. The molecule has 34 heavy (non-hydrogen) atoms. The van der Waals surface area contributed by atoms with Crippen LogP contribution in [0.1, 0.15) is 30.0 Å². The molecule has 1 N–H and O–H groups in total. The summed E-state index contributed by atoms with van der Waals surface area (Å²) in [5.41, 5.74) is 4.49. The Kier molecular flexibility index (Phi) is 5.51. The highest BCUT2D eigenvalue weighted by Gasteiger charge is 2.28. The van der Waals surface area contributed by atoms with Crippen LogP contribution in [0.5, 0.6) is 0 Å². The molecule has 1 atom stereocenters. The zero-order valence-electron chi connectivity index (χ0n) is 19.2. The van der Waals surface area contributed by atoms with Crippen LogP contribution in [-0.4, -0.2) is 44.3 Å². The van der Waals surface area contributed by atoms with Gasteiger partial charge in [0.05, 0.1) is 17.2 Å². The first-order valence-corrected chi connectivity index (χ1v) is 12.7. The van der Waals surface area contributed by atoms with Crippen molar-refractivity contribution in [3.8, 4) is 10.6 Å². The lowest BCUT2D eigenvalue weighted by Crippen LogP contribution is -2.35. The predicted octanol–water partition coefficient (Wildman–Crippen LogP) is 5.39. The molecule has 5 aromatic rings. The van der Waals surface area contributed by atoms with Crippen molar-refractivity contribution in [1.29, 1.82) is 0 Å². The predicted molar refractivity (Wildman–Crippen MR) is 139 cm³/mol. The zero-order valence-corrected chi connectivity index (χ0v) is 20.0. The van der Waals surface area contributed by atoms with Gasteiger partial charge in [0.2, 0.25) is 5.95 Å². The number of fused-ring (bicyclic) bond motifs is 2. The van der Waals surface area contributed by atoms with E-state index in [2.05, 4.69) is 62.8 Å². The second-order valence-corrected chi connectivity index (χ2v) is 10.0. The van der Waals surface area contributed by atoms with Gasteiger partial charge in [0.1, 0.15) is 5.65 Å². The van der Waals surface area contributed by atoms with Gasteiger partial charge in [-0.15, -0.1) is 11.3 Å². The van der Waals surface area contributed by atoms with Crippen molar-refractivity contribution >= 4 is 38.4 Å². The van der Waals surface area contributed by atoms with E-state index in [-0.39, 0.29) is 6.61 Å². The Morgan fingerprint density at radius 1 is 1.09 bits per heavy atom. The van der Waals surface area contributed by atoms with E-state index in [4.69, 9.17) is 4.98 Å². The van der Waals surface area contributed by atoms with Gasteiger partial charge in [-0.2, -0.15) is 0 Å². The monoisotopic (exact) mass is 469 g/mol. The van der Waals surface area contributed by atoms with Crippen molar-refractivity contribution in [2.24, 2.45) is 0 Å². The molecule has 1 aromatic carbocycles. The first kappa shape index (κ1) is 21.3. The van der Waals surface area contributed by atoms with Crippen LogP contribution in [0.15, 0.2) is 60.9 Å². The molecule has 0 saturated carbocycles. The Morgan fingerprint density at radius 3 is 2.88 bits per heavy atom. The third kappa shape index (κ3) is 3.65. The molecule has 0 amide bonds. The number of rotatable bonds is 5.